The van der Waals surface area contributed by atoms with Gasteiger partial charge in [-0.3, -0.25) is 14.8 Å². The zero-order chi connectivity index (χ0) is 55.1. The van der Waals surface area contributed by atoms with Gasteiger partial charge in [0.15, 0.2) is 16.8 Å². The molecule has 3 saturated heterocycles. The summed E-state index contributed by atoms with van der Waals surface area (Å²) in [6.07, 6.45) is 13.8. The second kappa shape index (κ2) is 20.6. The number of aromatic nitrogens is 4. The Kier molecular flexibility index (Phi) is 14.0. The molecule has 11 heterocycles. The summed E-state index contributed by atoms with van der Waals surface area (Å²) in [7, 11) is 0. The van der Waals surface area contributed by atoms with Gasteiger partial charge in [0.05, 0.1) is 75.4 Å². The van der Waals surface area contributed by atoms with E-state index in [0.717, 1.165) is 62.8 Å². The molecule has 12 rings (SSSR count). The van der Waals surface area contributed by atoms with Crippen LogP contribution in [0.15, 0.2) is 113 Å². The van der Waals surface area contributed by atoms with E-state index in [9.17, 15) is 13.6 Å². The number of benzene rings is 1. The normalized spacial score (nSPS) is 23.5. The van der Waals surface area contributed by atoms with Crippen LogP contribution in [-0.4, -0.2) is 99.9 Å². The van der Waals surface area contributed by atoms with Crippen LogP contribution < -0.4 is 22.5 Å². The highest BCUT2D eigenvalue weighted by Gasteiger charge is 2.54. The molecule has 5 aromatic heterocycles. The number of pyridine rings is 3. The fourth-order valence-electron chi connectivity index (χ4n) is 10.7. The molecule has 3 unspecified atom stereocenters. The Morgan fingerprint density at radius 1 is 0.756 bits per heavy atom. The quantitative estimate of drug-likeness (QED) is 0.0886. The zero-order valence-electron chi connectivity index (χ0n) is 43.4. The summed E-state index contributed by atoms with van der Waals surface area (Å²) in [5.41, 5.74) is 20.8. The first-order valence-electron chi connectivity index (χ1n) is 24.8. The van der Waals surface area contributed by atoms with Gasteiger partial charge < -0.3 is 55.5 Å². The number of carbonyl (C=O) groups excluding carboxylic acids is 1. The van der Waals surface area contributed by atoms with E-state index in [1.807, 2.05) is 36.0 Å². The Balaban J connectivity index is 0.000000133. The molecule has 19 nitrogen and oxygen atoms in total. The van der Waals surface area contributed by atoms with E-state index in [0.29, 0.717) is 57.4 Å². The number of halogens is 2. The third-order valence-corrected chi connectivity index (χ3v) is 15.7. The largest absolute Gasteiger partial charge is 0.454 e. The average Bonchev–Trinajstić information content (AvgIpc) is 4.19. The van der Waals surface area contributed by atoms with E-state index in [4.69, 9.17) is 52.2 Å². The van der Waals surface area contributed by atoms with Gasteiger partial charge in [0.1, 0.15) is 22.9 Å². The first-order chi connectivity index (χ1) is 37.2. The smallest absolute Gasteiger partial charge is 0.283 e. The number of aliphatic imine (C=N–C) groups is 3. The van der Waals surface area contributed by atoms with E-state index < -0.39 is 39.8 Å². The Bertz CT molecular complexity index is 3500. The maximum absolute atomic E-state index is 14.7. The van der Waals surface area contributed by atoms with Crippen molar-refractivity contribution in [2.24, 2.45) is 32.2 Å². The third-order valence-electron chi connectivity index (χ3n) is 14.1. The van der Waals surface area contributed by atoms with Crippen LogP contribution in [0.2, 0.25) is 0 Å². The van der Waals surface area contributed by atoms with E-state index in [1.54, 1.807) is 36.9 Å². The van der Waals surface area contributed by atoms with Crippen molar-refractivity contribution in [3.05, 3.63) is 154 Å². The van der Waals surface area contributed by atoms with Gasteiger partial charge in [-0.05, 0) is 106 Å². The SMILES string of the molecule is CC#Cc1cncc(-n2ccc(C3(C)CC4(COC4)OC(N)=N3)c2)c1.CC1(c2cc(NC(=O)c3ccc(F)cn3)ccc2F)CC2(COC2)OC(N)=N1.[C-]#[N+]c1cncc(-c2cc(C)c(C3(C)CC4(COC4)OC(N)=N3)s2)c1. The van der Waals surface area contributed by atoms with Crippen LogP contribution in [0.5, 0.6) is 0 Å². The third kappa shape index (κ3) is 10.8. The summed E-state index contributed by atoms with van der Waals surface area (Å²) in [6.45, 7) is 19.9. The molecule has 78 heavy (non-hydrogen) atoms. The highest BCUT2D eigenvalue weighted by atomic mass is 32.1. The average molecular weight is 1080 g/mol. The summed E-state index contributed by atoms with van der Waals surface area (Å²) in [5, 5.41) is 2.64. The second-order valence-corrected chi connectivity index (χ2v) is 21.9. The number of anilines is 1. The van der Waals surface area contributed by atoms with Gasteiger partial charge in [0.25, 0.3) is 24.0 Å². The molecule has 0 bridgehead atoms. The molecule has 6 aromatic rings. The Labute approximate surface area is 452 Å². The molecule has 3 atom stereocenters. The Morgan fingerprint density at radius 3 is 1.97 bits per heavy atom. The van der Waals surface area contributed by atoms with Gasteiger partial charge in [-0.25, -0.2) is 33.6 Å². The lowest BCUT2D eigenvalue weighted by Gasteiger charge is -2.48. The second-order valence-electron chi connectivity index (χ2n) is 20.8. The number of nitrogens with one attached hydrogen (secondary N) is 1. The van der Waals surface area contributed by atoms with Crippen molar-refractivity contribution < 1.29 is 42.0 Å². The van der Waals surface area contributed by atoms with Gasteiger partial charge in [0.2, 0.25) is 5.69 Å². The molecule has 1 aromatic carbocycles. The van der Waals surface area contributed by atoms with Crippen LogP contribution in [0.4, 0.5) is 20.2 Å². The standard InChI is InChI=1S/C19H18F2N4O3.C19H20N4O2.C18H18N4O2S/c1-18(8-19(9-27-10-19)28-17(22)25-18)13-6-12(3-4-14(13)21)24-16(26)15-5-2-11(20)7-23-15;1-3-4-14-7-16(9-21-8-14)23-6-5-15(10-23)18(2)11-19(12-24-13-19)25-17(20)22-18;1-11-4-14(12-5-13(20-3)7-21-6-12)25-15(11)17(2)8-18(9-23-10-18)24-16(19)22-17/h2-7H,8-10H2,1H3,(H2,22,25)(H,24,26);5-10H,11-13H2,1-2H3,(H2,20,22);4-7H,8-10H2,1-2H3,(H2,19,22). The van der Waals surface area contributed by atoms with Gasteiger partial charge in [-0.2, -0.15) is 0 Å². The number of rotatable bonds is 7. The molecule has 402 valence electrons. The number of aryl methyl sites for hydroxylation is 1. The molecule has 0 saturated carbocycles. The number of hydrogen-bond acceptors (Lipinski definition) is 17. The van der Waals surface area contributed by atoms with E-state index >= 15 is 0 Å². The monoisotopic (exact) mass is 1080 g/mol. The molecular weight excluding hydrogens is 1020 g/mol. The van der Waals surface area contributed by atoms with Gasteiger partial charge in [-0.15, -0.1) is 17.3 Å². The maximum Gasteiger partial charge on any atom is 0.283 e. The van der Waals surface area contributed by atoms with Gasteiger partial charge in [0, 0.05) is 76.8 Å². The minimum absolute atomic E-state index is 0.0265. The van der Waals surface area contributed by atoms with Crippen LogP contribution in [0.3, 0.4) is 0 Å². The predicted molar refractivity (Wildman–Crippen MR) is 288 cm³/mol. The summed E-state index contributed by atoms with van der Waals surface area (Å²) in [4.78, 5) is 43.7. The number of nitrogens with zero attached hydrogens (tertiary/aromatic N) is 8. The number of thiophene rings is 1. The molecule has 6 aliphatic heterocycles. The summed E-state index contributed by atoms with van der Waals surface area (Å²) in [5.74, 6) is 4.37. The van der Waals surface area contributed by atoms with Crippen LogP contribution in [0, 0.1) is 37.0 Å². The molecule has 1 amide bonds. The number of ether oxygens (including phenoxy) is 6. The number of carbonyl (C=O) groups is 1. The van der Waals surface area contributed by atoms with Crippen molar-refractivity contribution in [1.29, 1.82) is 0 Å². The molecule has 22 heteroatoms. The highest BCUT2D eigenvalue weighted by Crippen LogP contribution is 2.48. The predicted octanol–water partition coefficient (Wildman–Crippen LogP) is 7.68. The molecule has 3 spiro atoms. The van der Waals surface area contributed by atoms with Crippen molar-refractivity contribution in [1.82, 2.24) is 19.5 Å². The summed E-state index contributed by atoms with van der Waals surface area (Å²) >= 11 is 1.67. The van der Waals surface area contributed by atoms with Crippen LogP contribution in [-0.2, 0) is 45.0 Å². The fraction of sp³-hybridized carbons (Fsp3) is 0.357. The van der Waals surface area contributed by atoms with Crippen molar-refractivity contribution in [3.63, 3.8) is 0 Å². The van der Waals surface area contributed by atoms with Crippen LogP contribution >= 0.6 is 11.3 Å². The topological polar surface area (TPSA) is 248 Å². The Morgan fingerprint density at radius 2 is 1.37 bits per heavy atom. The molecule has 0 radical (unpaired) electrons. The lowest BCUT2D eigenvalue weighted by atomic mass is 9.78. The minimum atomic E-state index is -0.981. The summed E-state index contributed by atoms with van der Waals surface area (Å²) in [6, 6.07) is 15.1. The number of amidine groups is 3. The van der Waals surface area contributed by atoms with Crippen molar-refractivity contribution >= 4 is 46.7 Å². The zero-order valence-corrected chi connectivity index (χ0v) is 44.2. The van der Waals surface area contributed by atoms with Crippen molar-refractivity contribution in [2.45, 2.75) is 87.3 Å². The maximum atomic E-state index is 14.7. The molecule has 3 fully saturated rings. The van der Waals surface area contributed by atoms with Crippen molar-refractivity contribution in [3.8, 4) is 28.0 Å². The Hall–Kier alpha value is -8.28. The van der Waals surface area contributed by atoms with Crippen LogP contribution in [0.1, 0.15) is 84.6 Å². The van der Waals surface area contributed by atoms with Gasteiger partial charge in [-0.1, -0.05) is 5.92 Å². The van der Waals surface area contributed by atoms with Crippen LogP contribution in [0.25, 0.3) is 21.0 Å². The fourth-order valence-corrected chi connectivity index (χ4v) is 11.9. The lowest BCUT2D eigenvalue weighted by molar-refractivity contribution is -0.187. The van der Waals surface area contributed by atoms with E-state index in [1.165, 1.54) is 24.3 Å². The molecule has 0 aliphatic carbocycles. The first kappa shape index (κ1) is 53.1. The minimum Gasteiger partial charge on any atom is -0.454 e. The van der Waals surface area contributed by atoms with Gasteiger partial charge >= 0.3 is 0 Å². The molecule has 7 N–H and O–H groups in total. The van der Waals surface area contributed by atoms with E-state index in [2.05, 4.69) is 91.0 Å². The van der Waals surface area contributed by atoms with E-state index in [-0.39, 0.29) is 40.5 Å². The lowest BCUT2D eigenvalue weighted by Crippen LogP contribution is -2.59. The highest BCUT2D eigenvalue weighted by molar-refractivity contribution is 7.15. The molecular formula is C56H56F2N12O7S. The number of amides is 1. The van der Waals surface area contributed by atoms with Crippen molar-refractivity contribution in [2.75, 3.05) is 45.0 Å². The first-order valence-corrected chi connectivity index (χ1v) is 25.7. The number of nitrogens with two attached hydrogens (primary N) is 3. The number of hydrogen-bond donors (Lipinski definition) is 4. The molecule has 6 aliphatic rings. The summed E-state index contributed by atoms with van der Waals surface area (Å²) < 4.78 is 62.7.